The van der Waals surface area contributed by atoms with Crippen molar-refractivity contribution in [2.24, 2.45) is 0 Å². The van der Waals surface area contributed by atoms with Gasteiger partial charge in [0.15, 0.2) is 11.2 Å². The number of aromatic amines is 1. The summed E-state index contributed by atoms with van der Waals surface area (Å²) in [7, 11) is 0. The lowest BCUT2D eigenvalue weighted by Gasteiger charge is -2.00. The minimum absolute atomic E-state index is 0.323. The van der Waals surface area contributed by atoms with Gasteiger partial charge in [-0.05, 0) is 23.6 Å². The maximum Gasteiger partial charge on any atom is 0.299 e. The van der Waals surface area contributed by atoms with Crippen LogP contribution >= 0.6 is 22.9 Å². The van der Waals surface area contributed by atoms with Crippen molar-refractivity contribution in [1.82, 2.24) is 19.4 Å². The van der Waals surface area contributed by atoms with Gasteiger partial charge in [-0.3, -0.25) is 9.20 Å². The Balaban J connectivity index is 2.15. The zero-order valence-corrected chi connectivity index (χ0v) is 11.6. The number of aromatic nitrogens is 4. The highest BCUT2D eigenvalue weighted by Gasteiger charge is 2.12. The monoisotopic (exact) mass is 302 g/mol. The molecule has 0 saturated heterocycles. The number of halogens is 1. The molecule has 0 radical (unpaired) electrons. The summed E-state index contributed by atoms with van der Waals surface area (Å²) in [5.41, 5.74) is 2.06. The topological polar surface area (TPSA) is 63.1 Å². The Labute approximate surface area is 121 Å². The van der Waals surface area contributed by atoms with Crippen LogP contribution in [-0.4, -0.2) is 19.4 Å². The Morgan fingerprint density at radius 1 is 1.25 bits per heavy atom. The molecule has 0 atom stereocenters. The van der Waals surface area contributed by atoms with Gasteiger partial charge in [0.2, 0.25) is 0 Å². The van der Waals surface area contributed by atoms with Crippen LogP contribution in [0.3, 0.4) is 0 Å². The molecule has 4 aromatic rings. The van der Waals surface area contributed by atoms with E-state index in [1.54, 1.807) is 34.1 Å². The van der Waals surface area contributed by atoms with Crippen LogP contribution in [0.15, 0.2) is 40.0 Å². The number of nitrogens with one attached hydrogen (secondary N) is 1. The number of rotatable bonds is 1. The minimum Gasteiger partial charge on any atom is -0.332 e. The van der Waals surface area contributed by atoms with Crippen LogP contribution in [-0.2, 0) is 0 Å². The lowest BCUT2D eigenvalue weighted by atomic mass is 10.3. The van der Waals surface area contributed by atoms with Gasteiger partial charge in [0.1, 0.15) is 11.5 Å². The second kappa shape index (κ2) is 4.16. The maximum absolute atomic E-state index is 12.0. The summed E-state index contributed by atoms with van der Waals surface area (Å²) in [4.78, 5) is 23.6. The van der Waals surface area contributed by atoms with Crippen molar-refractivity contribution in [1.29, 1.82) is 0 Å². The van der Waals surface area contributed by atoms with Crippen LogP contribution in [0.5, 0.6) is 0 Å². The Kier molecular flexibility index (Phi) is 2.42. The molecule has 7 heteroatoms. The van der Waals surface area contributed by atoms with Crippen molar-refractivity contribution in [2.75, 3.05) is 0 Å². The highest BCUT2D eigenvalue weighted by Crippen LogP contribution is 2.22. The van der Waals surface area contributed by atoms with Gasteiger partial charge in [0.25, 0.3) is 5.56 Å². The quantitative estimate of drug-likeness (QED) is 0.588. The lowest BCUT2D eigenvalue weighted by molar-refractivity contribution is 1.11. The summed E-state index contributed by atoms with van der Waals surface area (Å²) in [5.74, 6) is 0.653. The molecule has 0 amide bonds. The number of hydrogen-bond acceptors (Lipinski definition) is 4. The fourth-order valence-electron chi connectivity index (χ4n) is 2.11. The molecule has 4 heterocycles. The van der Waals surface area contributed by atoms with Crippen molar-refractivity contribution in [3.63, 3.8) is 0 Å². The largest absolute Gasteiger partial charge is 0.332 e. The number of hydrogen-bond donors (Lipinski definition) is 1. The van der Waals surface area contributed by atoms with Gasteiger partial charge in [0.05, 0.1) is 5.02 Å². The highest BCUT2D eigenvalue weighted by molar-refractivity contribution is 7.08. The van der Waals surface area contributed by atoms with Crippen molar-refractivity contribution >= 4 is 39.7 Å². The van der Waals surface area contributed by atoms with Gasteiger partial charge in [-0.1, -0.05) is 11.6 Å². The van der Waals surface area contributed by atoms with Crippen molar-refractivity contribution in [3.8, 4) is 11.4 Å². The zero-order valence-electron chi connectivity index (χ0n) is 10.0. The standard InChI is InChI=1S/C13H7ClN4OS/c14-8-1-2-9-15-13(19)10-12(18(9)5-8)17-11(16-10)7-3-4-20-6-7/h1-6H,(H,16,17). The first-order chi connectivity index (χ1) is 9.72. The molecule has 5 nitrogen and oxygen atoms in total. The second-order valence-corrected chi connectivity index (χ2v) is 5.50. The molecule has 0 aromatic carbocycles. The third kappa shape index (κ3) is 1.65. The normalized spacial score (nSPS) is 11.4. The number of pyridine rings is 1. The summed E-state index contributed by atoms with van der Waals surface area (Å²) < 4.78 is 1.71. The Morgan fingerprint density at radius 2 is 2.15 bits per heavy atom. The van der Waals surface area contributed by atoms with E-state index < -0.39 is 0 Å². The van der Waals surface area contributed by atoms with Crippen LogP contribution in [0.2, 0.25) is 5.02 Å². The molecule has 0 aliphatic carbocycles. The molecular formula is C13H7ClN4OS. The maximum atomic E-state index is 12.0. The Bertz CT molecular complexity index is 987. The van der Waals surface area contributed by atoms with E-state index in [2.05, 4.69) is 15.0 Å². The number of fused-ring (bicyclic) bond motifs is 3. The van der Waals surface area contributed by atoms with Crippen LogP contribution < -0.4 is 5.56 Å². The van der Waals surface area contributed by atoms with Crippen LogP contribution in [0.4, 0.5) is 0 Å². The molecule has 1 N–H and O–H groups in total. The average molecular weight is 303 g/mol. The van der Waals surface area contributed by atoms with Crippen LogP contribution in [0.25, 0.3) is 28.2 Å². The van der Waals surface area contributed by atoms with Gasteiger partial charge < -0.3 is 4.98 Å². The van der Waals surface area contributed by atoms with E-state index in [1.807, 2.05) is 16.8 Å². The summed E-state index contributed by atoms with van der Waals surface area (Å²) in [5, 5.41) is 4.49. The predicted molar refractivity (Wildman–Crippen MR) is 79.4 cm³/mol. The third-order valence-electron chi connectivity index (χ3n) is 3.03. The van der Waals surface area contributed by atoms with E-state index in [0.29, 0.717) is 27.7 Å². The lowest BCUT2D eigenvalue weighted by Crippen LogP contribution is -2.10. The summed E-state index contributed by atoms with van der Waals surface area (Å²) >= 11 is 7.58. The van der Waals surface area contributed by atoms with Gasteiger partial charge in [0, 0.05) is 17.1 Å². The molecule has 0 aliphatic heterocycles. The molecular weight excluding hydrogens is 296 g/mol. The van der Waals surface area contributed by atoms with Gasteiger partial charge in [-0.2, -0.15) is 16.3 Å². The Hall–Kier alpha value is -2.18. The molecule has 98 valence electrons. The van der Waals surface area contributed by atoms with Crippen molar-refractivity contribution in [2.45, 2.75) is 0 Å². The highest BCUT2D eigenvalue weighted by atomic mass is 35.5. The number of nitrogens with zero attached hydrogens (tertiary/aromatic N) is 3. The minimum atomic E-state index is -0.323. The fourth-order valence-corrected chi connectivity index (χ4v) is 2.91. The number of imidazole rings is 1. The summed E-state index contributed by atoms with van der Waals surface area (Å²) in [6.07, 6.45) is 1.70. The third-order valence-corrected chi connectivity index (χ3v) is 3.94. The molecule has 0 saturated carbocycles. The molecule has 0 spiro atoms. The van der Waals surface area contributed by atoms with Crippen LogP contribution in [0, 0.1) is 0 Å². The molecule has 0 aliphatic rings. The second-order valence-electron chi connectivity index (χ2n) is 4.29. The zero-order chi connectivity index (χ0) is 13.7. The number of H-pyrrole nitrogens is 1. The van der Waals surface area contributed by atoms with Gasteiger partial charge in [-0.25, -0.2) is 4.98 Å². The van der Waals surface area contributed by atoms with E-state index in [0.717, 1.165) is 5.56 Å². The van der Waals surface area contributed by atoms with E-state index in [4.69, 9.17) is 11.6 Å². The predicted octanol–water partition coefficient (Wildman–Crippen LogP) is 2.95. The first kappa shape index (κ1) is 11.6. The molecule has 0 unspecified atom stereocenters. The first-order valence-corrected chi connectivity index (χ1v) is 7.15. The van der Waals surface area contributed by atoms with Crippen LogP contribution in [0.1, 0.15) is 0 Å². The first-order valence-electron chi connectivity index (χ1n) is 5.82. The summed E-state index contributed by atoms with van der Waals surface area (Å²) in [6, 6.07) is 5.34. The molecule has 4 aromatic heterocycles. The summed E-state index contributed by atoms with van der Waals surface area (Å²) in [6.45, 7) is 0. The van der Waals surface area contributed by atoms with E-state index in [9.17, 15) is 4.79 Å². The molecule has 0 fully saturated rings. The molecule has 20 heavy (non-hydrogen) atoms. The van der Waals surface area contributed by atoms with Gasteiger partial charge in [-0.15, -0.1) is 0 Å². The van der Waals surface area contributed by atoms with Crippen molar-refractivity contribution in [3.05, 3.63) is 50.5 Å². The van der Waals surface area contributed by atoms with Crippen molar-refractivity contribution < 1.29 is 0 Å². The molecule has 4 rings (SSSR count). The fraction of sp³-hybridized carbons (Fsp3) is 0. The van der Waals surface area contributed by atoms with E-state index in [-0.39, 0.29) is 5.56 Å². The molecule has 0 bridgehead atoms. The Morgan fingerprint density at radius 3 is 2.95 bits per heavy atom. The van der Waals surface area contributed by atoms with E-state index in [1.165, 1.54) is 0 Å². The SMILES string of the molecule is O=c1nc2ccc(Cl)cn2c2nc(-c3ccsc3)[nH]c12. The average Bonchev–Trinajstić information content (AvgIpc) is 3.08. The van der Waals surface area contributed by atoms with E-state index >= 15 is 0 Å². The number of thiophene rings is 1. The van der Waals surface area contributed by atoms with Gasteiger partial charge >= 0.3 is 0 Å². The smallest absolute Gasteiger partial charge is 0.299 e.